The summed E-state index contributed by atoms with van der Waals surface area (Å²) in [6.07, 6.45) is 1.69. The van der Waals surface area contributed by atoms with Crippen molar-refractivity contribution in [3.63, 3.8) is 0 Å². The average molecular weight is 590 g/mol. The van der Waals surface area contributed by atoms with Crippen molar-refractivity contribution in [3.05, 3.63) is 64.7 Å². The molecule has 1 saturated heterocycles. The number of carboxylic acid groups (broad SMARTS) is 1. The Labute approximate surface area is 246 Å². The zero-order valence-electron chi connectivity index (χ0n) is 23.6. The number of carbonyl (C=O) groups is 3. The summed E-state index contributed by atoms with van der Waals surface area (Å²) < 4.78 is 5.64. The van der Waals surface area contributed by atoms with Crippen molar-refractivity contribution in [1.82, 2.24) is 9.80 Å². The fourth-order valence-corrected chi connectivity index (χ4v) is 5.46. The summed E-state index contributed by atoms with van der Waals surface area (Å²) in [4.78, 5) is 44.1. The number of aliphatic carboxylic acids is 1. The van der Waals surface area contributed by atoms with E-state index in [2.05, 4.69) is 4.90 Å². The first kappa shape index (κ1) is 31.9. The average Bonchev–Trinajstić information content (AvgIpc) is 2.95. The molecule has 1 heterocycles. The lowest BCUT2D eigenvalue weighted by Gasteiger charge is -2.35. The number of amides is 2. The molecular weight excluding hydrogens is 550 g/mol. The molecule has 10 heteroatoms. The third-order valence-corrected chi connectivity index (χ3v) is 8.32. The minimum absolute atomic E-state index is 0.0143. The largest absolute Gasteiger partial charge is 0.480 e. The van der Waals surface area contributed by atoms with Crippen LogP contribution < -0.4 is 4.90 Å². The van der Waals surface area contributed by atoms with Crippen LogP contribution in [0.4, 0.5) is 5.69 Å². The van der Waals surface area contributed by atoms with Gasteiger partial charge in [-0.25, -0.2) is 0 Å². The highest BCUT2D eigenvalue weighted by molar-refractivity contribution is 8.01. The first-order valence-electron chi connectivity index (χ1n) is 13.8. The van der Waals surface area contributed by atoms with E-state index in [1.165, 1.54) is 10.5 Å². The number of piperazine rings is 1. The third kappa shape index (κ3) is 9.51. The summed E-state index contributed by atoms with van der Waals surface area (Å²) in [7, 11) is 0. The maximum absolute atomic E-state index is 13.3. The lowest BCUT2D eigenvalue weighted by Crippen LogP contribution is -2.49. The molecule has 0 aliphatic carbocycles. The van der Waals surface area contributed by atoms with Gasteiger partial charge in [0.2, 0.25) is 0 Å². The Morgan fingerprint density at radius 2 is 1.68 bits per heavy atom. The van der Waals surface area contributed by atoms with Gasteiger partial charge < -0.3 is 19.6 Å². The molecule has 2 aromatic rings. The van der Waals surface area contributed by atoms with E-state index in [1.807, 2.05) is 49.9 Å². The minimum Gasteiger partial charge on any atom is -0.480 e. The van der Waals surface area contributed by atoms with Crippen molar-refractivity contribution in [2.75, 3.05) is 56.5 Å². The second-order valence-corrected chi connectivity index (χ2v) is 11.7. The number of anilines is 1. The molecule has 1 N–H and O–H groups in total. The van der Waals surface area contributed by atoms with Gasteiger partial charge in [0, 0.05) is 55.5 Å². The molecule has 1 atom stereocenters. The van der Waals surface area contributed by atoms with Gasteiger partial charge in [-0.05, 0) is 74.4 Å². The Balaban J connectivity index is 1.61. The summed E-state index contributed by atoms with van der Waals surface area (Å²) in [5.41, 5.74) is 2.33. The summed E-state index contributed by atoms with van der Waals surface area (Å²) in [6.45, 7) is 10.1. The first-order chi connectivity index (χ1) is 19.2. The standard InChI is InChI=1S/C30H40ClN3O5S/c1-4-21-40-27(30(37)38)29(36)34(19-20-39-22(2)3)26-11-7-24(8-12-26)28(35)33-17-15-32(16-18-33)14-13-23-5-9-25(31)10-6-23/h5-12,22,27H,4,13-21H2,1-3H3,(H,37,38). The van der Waals surface area contributed by atoms with Gasteiger partial charge in [0.15, 0.2) is 5.25 Å². The second kappa shape index (κ2) is 16.0. The lowest BCUT2D eigenvalue weighted by molar-refractivity contribution is -0.139. The van der Waals surface area contributed by atoms with Crippen molar-refractivity contribution < 1.29 is 24.2 Å². The SMILES string of the molecule is CCCSC(C(=O)O)C(=O)N(CCOC(C)C)c1ccc(C(=O)N2CCN(CCc3ccc(Cl)cc3)CC2)cc1. The van der Waals surface area contributed by atoms with Gasteiger partial charge in [-0.3, -0.25) is 19.3 Å². The topological polar surface area (TPSA) is 90.4 Å². The van der Waals surface area contributed by atoms with Gasteiger partial charge in [-0.1, -0.05) is 30.7 Å². The highest BCUT2D eigenvalue weighted by Gasteiger charge is 2.32. The number of carbonyl (C=O) groups excluding carboxylic acids is 2. The highest BCUT2D eigenvalue weighted by atomic mass is 35.5. The van der Waals surface area contributed by atoms with Crippen molar-refractivity contribution in [2.45, 2.75) is 45.0 Å². The van der Waals surface area contributed by atoms with Gasteiger partial charge >= 0.3 is 5.97 Å². The smallest absolute Gasteiger partial charge is 0.326 e. The third-order valence-electron chi connectivity index (χ3n) is 6.68. The van der Waals surface area contributed by atoms with Crippen molar-refractivity contribution in [2.24, 2.45) is 0 Å². The van der Waals surface area contributed by atoms with Gasteiger partial charge in [0.05, 0.1) is 12.7 Å². The normalized spacial score (nSPS) is 14.8. The predicted molar refractivity (Wildman–Crippen MR) is 162 cm³/mol. The van der Waals surface area contributed by atoms with Gasteiger partial charge in [-0.2, -0.15) is 0 Å². The number of hydrogen-bond acceptors (Lipinski definition) is 6. The molecule has 2 aromatic carbocycles. The number of rotatable bonds is 14. The fraction of sp³-hybridized carbons (Fsp3) is 0.500. The number of benzene rings is 2. The summed E-state index contributed by atoms with van der Waals surface area (Å²) in [6, 6.07) is 14.8. The van der Waals surface area contributed by atoms with E-state index in [4.69, 9.17) is 16.3 Å². The van der Waals surface area contributed by atoms with Crippen molar-refractivity contribution in [3.8, 4) is 0 Å². The lowest BCUT2D eigenvalue weighted by atomic mass is 10.1. The maximum atomic E-state index is 13.3. The molecule has 3 rings (SSSR count). The van der Waals surface area contributed by atoms with Crippen LogP contribution in [0.25, 0.3) is 0 Å². The van der Waals surface area contributed by atoms with Crippen molar-refractivity contribution >= 4 is 46.8 Å². The van der Waals surface area contributed by atoms with Gasteiger partial charge in [0.25, 0.3) is 11.8 Å². The number of nitrogens with zero attached hydrogens (tertiary/aromatic N) is 3. The fourth-order valence-electron chi connectivity index (χ4n) is 4.45. The van der Waals surface area contributed by atoms with Crippen LogP contribution in [0.5, 0.6) is 0 Å². The van der Waals surface area contributed by atoms with Crippen LogP contribution in [0.15, 0.2) is 48.5 Å². The molecular formula is C30H40ClN3O5S. The summed E-state index contributed by atoms with van der Waals surface area (Å²) >= 11 is 7.10. The van der Waals surface area contributed by atoms with Crippen LogP contribution in [-0.4, -0.2) is 95.7 Å². The van der Waals surface area contributed by atoms with Crippen LogP contribution >= 0.6 is 23.4 Å². The van der Waals surface area contributed by atoms with E-state index >= 15 is 0 Å². The zero-order valence-corrected chi connectivity index (χ0v) is 25.1. The molecule has 0 radical (unpaired) electrons. The molecule has 1 fully saturated rings. The Morgan fingerprint density at radius 1 is 1.02 bits per heavy atom. The molecule has 8 nitrogen and oxygen atoms in total. The van der Waals surface area contributed by atoms with E-state index in [-0.39, 0.29) is 25.2 Å². The Hall–Kier alpha value is -2.59. The Bertz CT molecular complexity index is 1110. The van der Waals surface area contributed by atoms with Crippen molar-refractivity contribution in [1.29, 1.82) is 0 Å². The van der Waals surface area contributed by atoms with Crippen LogP contribution in [0.1, 0.15) is 43.1 Å². The molecule has 2 amide bonds. The van der Waals surface area contributed by atoms with E-state index in [9.17, 15) is 19.5 Å². The zero-order chi connectivity index (χ0) is 29.1. The predicted octanol–water partition coefficient (Wildman–Crippen LogP) is 4.69. The molecule has 0 aromatic heterocycles. The number of halogens is 1. The van der Waals surface area contributed by atoms with E-state index < -0.39 is 17.1 Å². The molecule has 0 saturated carbocycles. The van der Waals surface area contributed by atoms with E-state index in [1.54, 1.807) is 24.3 Å². The second-order valence-electron chi connectivity index (χ2n) is 10.1. The molecule has 0 bridgehead atoms. The number of thioether (sulfide) groups is 1. The minimum atomic E-state index is -1.20. The monoisotopic (exact) mass is 589 g/mol. The quantitative estimate of drug-likeness (QED) is 0.320. The van der Waals surface area contributed by atoms with Crippen LogP contribution in [-0.2, 0) is 20.7 Å². The van der Waals surface area contributed by atoms with Crippen LogP contribution in [0.3, 0.4) is 0 Å². The van der Waals surface area contributed by atoms with Crippen LogP contribution in [0.2, 0.25) is 5.02 Å². The summed E-state index contributed by atoms with van der Waals surface area (Å²) in [5, 5.41) is 9.24. The summed E-state index contributed by atoms with van der Waals surface area (Å²) in [5.74, 6) is -1.13. The number of carboxylic acids is 1. The maximum Gasteiger partial charge on any atom is 0.326 e. The molecule has 1 aliphatic rings. The van der Waals surface area contributed by atoms with E-state index in [0.29, 0.717) is 30.1 Å². The van der Waals surface area contributed by atoms with Crippen LogP contribution in [0, 0.1) is 0 Å². The highest BCUT2D eigenvalue weighted by Crippen LogP contribution is 2.23. The number of ether oxygens (including phenoxy) is 1. The van der Waals surface area contributed by atoms with Gasteiger partial charge in [-0.15, -0.1) is 11.8 Å². The number of hydrogen-bond donors (Lipinski definition) is 1. The van der Waals surface area contributed by atoms with E-state index in [0.717, 1.165) is 49.3 Å². The molecule has 40 heavy (non-hydrogen) atoms. The Kier molecular flexibility index (Phi) is 12.8. The molecule has 218 valence electrons. The molecule has 1 unspecified atom stereocenters. The Morgan fingerprint density at radius 3 is 2.25 bits per heavy atom. The first-order valence-corrected chi connectivity index (χ1v) is 15.3. The molecule has 0 spiro atoms. The molecule has 1 aliphatic heterocycles. The van der Waals surface area contributed by atoms with Gasteiger partial charge in [0.1, 0.15) is 0 Å².